The summed E-state index contributed by atoms with van der Waals surface area (Å²) in [6, 6.07) is 14.3. The molecule has 4 nitrogen and oxygen atoms in total. The Hall–Kier alpha value is -2.07. The highest BCUT2D eigenvalue weighted by Crippen LogP contribution is 2.19. The largest absolute Gasteiger partial charge is 0.363 e. The molecule has 2 aromatic rings. The molecule has 94 valence electrons. The van der Waals surface area contributed by atoms with Crippen molar-refractivity contribution in [2.75, 3.05) is 10.7 Å². The van der Waals surface area contributed by atoms with Crippen molar-refractivity contribution in [3.8, 4) is 0 Å². The molecule has 4 heteroatoms. The quantitative estimate of drug-likeness (QED) is 0.570. The number of pyridine rings is 1. The number of aryl methyl sites for hydroxylation is 1. The van der Waals surface area contributed by atoms with Crippen molar-refractivity contribution in [2.45, 2.75) is 19.9 Å². The number of hydrogen-bond donors (Lipinski definition) is 3. The Labute approximate surface area is 107 Å². The van der Waals surface area contributed by atoms with Crippen LogP contribution in [0.15, 0.2) is 42.5 Å². The molecular formula is C14H18N4. The van der Waals surface area contributed by atoms with Gasteiger partial charge >= 0.3 is 0 Å². The second kappa shape index (κ2) is 5.51. The molecule has 0 saturated carbocycles. The molecule has 4 N–H and O–H groups in total. The summed E-state index contributed by atoms with van der Waals surface area (Å²) in [5.74, 6) is 6.79. The zero-order valence-electron chi connectivity index (χ0n) is 10.6. The van der Waals surface area contributed by atoms with E-state index in [4.69, 9.17) is 5.84 Å². The van der Waals surface area contributed by atoms with Crippen molar-refractivity contribution in [1.82, 2.24) is 4.98 Å². The molecule has 18 heavy (non-hydrogen) atoms. The predicted octanol–water partition coefficient (Wildman–Crippen LogP) is 2.85. The molecule has 0 aliphatic rings. The number of rotatable bonds is 4. The zero-order chi connectivity index (χ0) is 13.0. The van der Waals surface area contributed by atoms with Crippen molar-refractivity contribution in [1.29, 1.82) is 0 Å². The summed E-state index contributed by atoms with van der Waals surface area (Å²) >= 11 is 0. The minimum atomic E-state index is 0.200. The van der Waals surface area contributed by atoms with E-state index in [1.807, 2.05) is 18.2 Å². The van der Waals surface area contributed by atoms with E-state index in [0.717, 1.165) is 5.82 Å². The van der Waals surface area contributed by atoms with Gasteiger partial charge in [0, 0.05) is 6.04 Å². The molecular weight excluding hydrogens is 224 g/mol. The molecule has 1 heterocycles. The van der Waals surface area contributed by atoms with E-state index >= 15 is 0 Å². The molecule has 0 aliphatic heterocycles. The Morgan fingerprint density at radius 2 is 1.72 bits per heavy atom. The molecule has 1 unspecified atom stereocenters. The molecule has 0 saturated heterocycles. The number of benzene rings is 1. The van der Waals surface area contributed by atoms with Gasteiger partial charge in [-0.2, -0.15) is 0 Å². The number of anilines is 2. The third-order valence-electron chi connectivity index (χ3n) is 2.84. The SMILES string of the molecule is Cc1ccc(C(C)Nc2cccc(NN)n2)cc1. The Morgan fingerprint density at radius 1 is 1.06 bits per heavy atom. The van der Waals surface area contributed by atoms with Crippen LogP contribution in [0.4, 0.5) is 11.6 Å². The monoisotopic (exact) mass is 242 g/mol. The third-order valence-corrected chi connectivity index (χ3v) is 2.84. The highest BCUT2D eigenvalue weighted by molar-refractivity contribution is 5.45. The van der Waals surface area contributed by atoms with Crippen LogP contribution in [0.1, 0.15) is 24.1 Å². The van der Waals surface area contributed by atoms with Gasteiger partial charge < -0.3 is 10.7 Å². The van der Waals surface area contributed by atoms with E-state index in [1.165, 1.54) is 11.1 Å². The Bertz CT molecular complexity index is 507. The third kappa shape index (κ3) is 2.99. The number of nitrogen functional groups attached to an aromatic ring is 1. The number of nitrogens with one attached hydrogen (secondary N) is 2. The van der Waals surface area contributed by atoms with Crippen molar-refractivity contribution >= 4 is 11.6 Å². The van der Waals surface area contributed by atoms with Crippen molar-refractivity contribution in [2.24, 2.45) is 5.84 Å². The van der Waals surface area contributed by atoms with Gasteiger partial charge in [0.1, 0.15) is 11.6 Å². The summed E-state index contributed by atoms with van der Waals surface area (Å²) in [6.07, 6.45) is 0. The van der Waals surface area contributed by atoms with Crippen LogP contribution >= 0.6 is 0 Å². The molecule has 1 aromatic carbocycles. The molecule has 1 aromatic heterocycles. The van der Waals surface area contributed by atoms with Crippen LogP contribution in [0.5, 0.6) is 0 Å². The van der Waals surface area contributed by atoms with Gasteiger partial charge in [-0.05, 0) is 31.5 Å². The first-order valence-electron chi connectivity index (χ1n) is 5.96. The van der Waals surface area contributed by atoms with Gasteiger partial charge in [0.15, 0.2) is 0 Å². The molecule has 0 radical (unpaired) electrons. The number of nitrogens with zero attached hydrogens (tertiary/aromatic N) is 1. The van der Waals surface area contributed by atoms with Crippen LogP contribution in [0, 0.1) is 6.92 Å². The lowest BCUT2D eigenvalue weighted by atomic mass is 10.1. The average Bonchev–Trinajstić information content (AvgIpc) is 2.39. The van der Waals surface area contributed by atoms with Gasteiger partial charge in [-0.1, -0.05) is 35.9 Å². The van der Waals surface area contributed by atoms with Crippen molar-refractivity contribution in [3.63, 3.8) is 0 Å². The zero-order valence-corrected chi connectivity index (χ0v) is 10.6. The maximum atomic E-state index is 5.34. The van der Waals surface area contributed by atoms with Gasteiger partial charge in [-0.3, -0.25) is 0 Å². The van der Waals surface area contributed by atoms with Crippen LogP contribution in [0.2, 0.25) is 0 Å². The maximum absolute atomic E-state index is 5.34. The average molecular weight is 242 g/mol. The Balaban J connectivity index is 2.10. The van der Waals surface area contributed by atoms with E-state index < -0.39 is 0 Å². The summed E-state index contributed by atoms with van der Waals surface area (Å²) in [5, 5.41) is 3.35. The maximum Gasteiger partial charge on any atom is 0.142 e. The number of nitrogens with two attached hydrogens (primary N) is 1. The van der Waals surface area contributed by atoms with Gasteiger partial charge in [0.2, 0.25) is 0 Å². The molecule has 0 bridgehead atoms. The number of hydrogen-bond acceptors (Lipinski definition) is 4. The fourth-order valence-electron chi connectivity index (χ4n) is 1.76. The molecule has 0 amide bonds. The highest BCUT2D eigenvalue weighted by Gasteiger charge is 2.05. The molecule has 0 fully saturated rings. The minimum absolute atomic E-state index is 0.200. The summed E-state index contributed by atoms with van der Waals surface area (Å²) < 4.78 is 0. The molecule has 0 spiro atoms. The van der Waals surface area contributed by atoms with Crippen LogP contribution in [0.25, 0.3) is 0 Å². The summed E-state index contributed by atoms with van der Waals surface area (Å²) in [6.45, 7) is 4.19. The summed E-state index contributed by atoms with van der Waals surface area (Å²) in [7, 11) is 0. The molecule has 0 aliphatic carbocycles. The lowest BCUT2D eigenvalue weighted by Crippen LogP contribution is -2.11. The number of hydrazine groups is 1. The minimum Gasteiger partial charge on any atom is -0.363 e. The van der Waals surface area contributed by atoms with Gasteiger partial charge in [0.05, 0.1) is 0 Å². The van der Waals surface area contributed by atoms with E-state index in [0.29, 0.717) is 5.82 Å². The Kier molecular flexibility index (Phi) is 3.79. The molecule has 1 atom stereocenters. The van der Waals surface area contributed by atoms with Crippen LogP contribution in [-0.2, 0) is 0 Å². The number of aromatic nitrogens is 1. The normalized spacial score (nSPS) is 11.9. The van der Waals surface area contributed by atoms with Gasteiger partial charge in [0.25, 0.3) is 0 Å². The lowest BCUT2D eigenvalue weighted by Gasteiger charge is -2.15. The van der Waals surface area contributed by atoms with Gasteiger partial charge in [-0.25, -0.2) is 10.8 Å². The van der Waals surface area contributed by atoms with E-state index in [2.05, 4.69) is 53.8 Å². The van der Waals surface area contributed by atoms with E-state index in [9.17, 15) is 0 Å². The van der Waals surface area contributed by atoms with Crippen molar-refractivity contribution in [3.05, 3.63) is 53.6 Å². The van der Waals surface area contributed by atoms with Crippen LogP contribution in [0.3, 0.4) is 0 Å². The van der Waals surface area contributed by atoms with Crippen LogP contribution < -0.4 is 16.6 Å². The lowest BCUT2D eigenvalue weighted by molar-refractivity contribution is 0.874. The highest BCUT2D eigenvalue weighted by atomic mass is 15.3. The topological polar surface area (TPSA) is 63.0 Å². The smallest absolute Gasteiger partial charge is 0.142 e. The fraction of sp³-hybridized carbons (Fsp3) is 0.214. The summed E-state index contributed by atoms with van der Waals surface area (Å²) in [4.78, 5) is 4.33. The standard InChI is InChI=1S/C14H18N4/c1-10-6-8-12(9-7-10)11(2)16-13-4-3-5-14(17-13)18-15/h3-9,11H,15H2,1-2H3,(H2,16,17,18). The van der Waals surface area contributed by atoms with E-state index in [1.54, 1.807) is 0 Å². The second-order valence-electron chi connectivity index (χ2n) is 4.33. The summed E-state index contributed by atoms with van der Waals surface area (Å²) in [5.41, 5.74) is 5.03. The van der Waals surface area contributed by atoms with Gasteiger partial charge in [-0.15, -0.1) is 0 Å². The van der Waals surface area contributed by atoms with Crippen LogP contribution in [-0.4, -0.2) is 4.98 Å². The van der Waals surface area contributed by atoms with Crippen molar-refractivity contribution < 1.29 is 0 Å². The first-order valence-corrected chi connectivity index (χ1v) is 5.96. The first kappa shape index (κ1) is 12.4. The van der Waals surface area contributed by atoms with E-state index in [-0.39, 0.29) is 6.04 Å². The molecule has 2 rings (SSSR count). The first-order chi connectivity index (χ1) is 8.69. The second-order valence-corrected chi connectivity index (χ2v) is 4.33. The predicted molar refractivity (Wildman–Crippen MR) is 75.3 cm³/mol. The Morgan fingerprint density at radius 3 is 2.39 bits per heavy atom. The fourth-order valence-corrected chi connectivity index (χ4v) is 1.76.